The largest absolute Gasteiger partial charge is 0.497 e. The summed E-state index contributed by atoms with van der Waals surface area (Å²) in [6.07, 6.45) is 1.47. The molecule has 0 aliphatic heterocycles. The molecular weight excluding hydrogens is 478 g/mol. The predicted molar refractivity (Wildman–Crippen MR) is 128 cm³/mol. The van der Waals surface area contributed by atoms with Crippen LogP contribution in [0.2, 0.25) is 0 Å². The summed E-state index contributed by atoms with van der Waals surface area (Å²) in [6, 6.07) is 9.18. The van der Waals surface area contributed by atoms with Gasteiger partial charge in [-0.05, 0) is 43.7 Å². The first-order chi connectivity index (χ1) is 16.1. The van der Waals surface area contributed by atoms with Crippen LogP contribution in [0.25, 0.3) is 11.8 Å². The normalized spacial score (nSPS) is 11.7. The Balaban J connectivity index is 1.93. The molecule has 0 atom stereocenters. The molecular formula is C22H23N5O5S2. The number of nitriles is 1. The SMILES string of the molecule is CCS(=O)(=O)c1nsc(NC(=O)C(C#N)=Cc2cc(C)n(-c3ccc(OC)cc3OC)c2C)n1. The lowest BCUT2D eigenvalue weighted by atomic mass is 10.1. The molecule has 0 saturated carbocycles. The van der Waals surface area contributed by atoms with Crippen LogP contribution in [-0.2, 0) is 14.6 Å². The highest BCUT2D eigenvalue weighted by atomic mass is 32.2. The standard InChI is InChI=1S/C22H23N5O5S2/c1-6-34(29,30)22-25-21(33-26-22)24-20(28)16(12-23)10-15-9-13(2)27(14(15)3)18-8-7-17(31-4)11-19(18)32-5/h7-11H,6H2,1-5H3,(H,24,25,26,28). The zero-order valence-corrected chi connectivity index (χ0v) is 20.9. The summed E-state index contributed by atoms with van der Waals surface area (Å²) in [4.78, 5) is 16.5. The highest BCUT2D eigenvalue weighted by molar-refractivity contribution is 7.91. The third kappa shape index (κ3) is 4.95. The number of amides is 1. The number of carbonyl (C=O) groups excluding carboxylic acids is 1. The van der Waals surface area contributed by atoms with E-state index in [1.807, 2.05) is 42.7 Å². The van der Waals surface area contributed by atoms with Gasteiger partial charge >= 0.3 is 0 Å². The van der Waals surface area contributed by atoms with Gasteiger partial charge in [-0.15, -0.1) is 0 Å². The maximum atomic E-state index is 12.7. The number of ether oxygens (including phenoxy) is 2. The molecule has 0 saturated heterocycles. The van der Waals surface area contributed by atoms with Gasteiger partial charge in [0.05, 0.1) is 25.7 Å². The van der Waals surface area contributed by atoms with Gasteiger partial charge in [0.15, 0.2) is 0 Å². The Hall–Kier alpha value is -3.69. The number of anilines is 1. The summed E-state index contributed by atoms with van der Waals surface area (Å²) in [6.45, 7) is 5.24. The second-order valence-electron chi connectivity index (χ2n) is 7.11. The molecule has 0 spiro atoms. The number of carbonyl (C=O) groups is 1. The van der Waals surface area contributed by atoms with Crippen LogP contribution in [0, 0.1) is 25.2 Å². The van der Waals surface area contributed by atoms with Crippen molar-refractivity contribution < 1.29 is 22.7 Å². The number of sulfone groups is 1. The van der Waals surface area contributed by atoms with Gasteiger partial charge in [-0.3, -0.25) is 10.1 Å². The average molecular weight is 502 g/mol. The maximum absolute atomic E-state index is 12.7. The molecule has 1 N–H and O–H groups in total. The van der Waals surface area contributed by atoms with E-state index in [2.05, 4.69) is 14.7 Å². The van der Waals surface area contributed by atoms with Crippen molar-refractivity contribution in [3.05, 3.63) is 46.8 Å². The van der Waals surface area contributed by atoms with Crippen molar-refractivity contribution in [3.63, 3.8) is 0 Å². The van der Waals surface area contributed by atoms with Crippen LogP contribution in [-0.4, -0.2) is 48.2 Å². The maximum Gasteiger partial charge on any atom is 0.268 e. The summed E-state index contributed by atoms with van der Waals surface area (Å²) in [5, 5.41) is 11.7. The summed E-state index contributed by atoms with van der Waals surface area (Å²) in [5.41, 5.74) is 2.92. The van der Waals surface area contributed by atoms with E-state index in [-0.39, 0.29) is 21.6 Å². The van der Waals surface area contributed by atoms with Crippen LogP contribution in [0.15, 0.2) is 35.0 Å². The van der Waals surface area contributed by atoms with Crippen molar-refractivity contribution in [1.29, 1.82) is 5.26 Å². The molecule has 2 heterocycles. The van der Waals surface area contributed by atoms with Gasteiger partial charge in [-0.2, -0.15) is 14.6 Å². The molecule has 178 valence electrons. The quantitative estimate of drug-likeness (QED) is 0.367. The molecule has 10 nitrogen and oxygen atoms in total. The lowest BCUT2D eigenvalue weighted by Crippen LogP contribution is -2.14. The minimum Gasteiger partial charge on any atom is -0.497 e. The number of nitrogens with zero attached hydrogens (tertiary/aromatic N) is 4. The molecule has 0 aliphatic rings. The minimum absolute atomic E-state index is 0.00776. The molecule has 3 rings (SSSR count). The van der Waals surface area contributed by atoms with E-state index in [9.17, 15) is 18.5 Å². The molecule has 0 unspecified atom stereocenters. The highest BCUT2D eigenvalue weighted by Crippen LogP contribution is 2.32. The smallest absolute Gasteiger partial charge is 0.268 e. The summed E-state index contributed by atoms with van der Waals surface area (Å²) >= 11 is 0.731. The van der Waals surface area contributed by atoms with Crippen molar-refractivity contribution in [3.8, 4) is 23.3 Å². The number of nitrogens with one attached hydrogen (secondary N) is 1. The molecule has 0 bridgehead atoms. The molecule has 1 aromatic carbocycles. The monoisotopic (exact) mass is 501 g/mol. The van der Waals surface area contributed by atoms with E-state index in [0.29, 0.717) is 17.1 Å². The Morgan fingerprint density at radius 3 is 2.62 bits per heavy atom. The Kier molecular flexibility index (Phi) is 7.38. The van der Waals surface area contributed by atoms with Gasteiger partial charge in [0.25, 0.3) is 11.1 Å². The lowest BCUT2D eigenvalue weighted by Gasteiger charge is -2.15. The van der Waals surface area contributed by atoms with Crippen LogP contribution in [0.4, 0.5) is 5.13 Å². The minimum atomic E-state index is -3.60. The number of hydrogen-bond acceptors (Lipinski definition) is 9. The zero-order valence-electron chi connectivity index (χ0n) is 19.2. The van der Waals surface area contributed by atoms with Crippen molar-refractivity contribution in [2.75, 3.05) is 25.3 Å². The average Bonchev–Trinajstić information content (AvgIpc) is 3.41. The van der Waals surface area contributed by atoms with Gasteiger partial charge in [0, 0.05) is 29.0 Å². The summed E-state index contributed by atoms with van der Waals surface area (Å²) in [5.74, 6) is 0.378. The molecule has 0 radical (unpaired) electrons. The van der Waals surface area contributed by atoms with E-state index in [0.717, 1.165) is 28.6 Å². The molecule has 34 heavy (non-hydrogen) atoms. The zero-order chi connectivity index (χ0) is 25.0. The molecule has 12 heteroatoms. The van der Waals surface area contributed by atoms with Gasteiger partial charge in [-0.1, -0.05) is 6.92 Å². The summed E-state index contributed by atoms with van der Waals surface area (Å²) in [7, 11) is -0.457. The van der Waals surface area contributed by atoms with Gasteiger partial charge in [0.1, 0.15) is 23.1 Å². The molecule has 1 amide bonds. The predicted octanol–water partition coefficient (Wildman–Crippen LogP) is 3.30. The van der Waals surface area contributed by atoms with Crippen LogP contribution < -0.4 is 14.8 Å². The third-order valence-corrected chi connectivity index (χ3v) is 7.29. The van der Waals surface area contributed by atoms with Gasteiger partial charge in [0.2, 0.25) is 15.0 Å². The Morgan fingerprint density at radius 1 is 1.26 bits per heavy atom. The van der Waals surface area contributed by atoms with Gasteiger partial charge < -0.3 is 14.0 Å². The second kappa shape index (κ2) is 10.1. The topological polar surface area (TPSA) is 136 Å². The number of methoxy groups -OCH3 is 2. The number of aryl methyl sites for hydroxylation is 1. The van der Waals surface area contributed by atoms with E-state index < -0.39 is 15.7 Å². The molecule has 0 aliphatic carbocycles. The van der Waals surface area contributed by atoms with Crippen molar-refractivity contribution in [1.82, 2.24) is 13.9 Å². The van der Waals surface area contributed by atoms with Crippen LogP contribution >= 0.6 is 11.5 Å². The van der Waals surface area contributed by atoms with Crippen molar-refractivity contribution >= 4 is 38.5 Å². The number of hydrogen-bond donors (Lipinski definition) is 1. The van der Waals surface area contributed by atoms with Crippen molar-refractivity contribution in [2.24, 2.45) is 0 Å². The van der Waals surface area contributed by atoms with Gasteiger partial charge in [-0.25, -0.2) is 8.42 Å². The number of benzene rings is 1. The van der Waals surface area contributed by atoms with Crippen LogP contribution in [0.5, 0.6) is 11.5 Å². The molecule has 2 aromatic heterocycles. The van der Waals surface area contributed by atoms with E-state index >= 15 is 0 Å². The first-order valence-corrected chi connectivity index (χ1v) is 12.5. The molecule has 0 fully saturated rings. The first-order valence-electron chi connectivity index (χ1n) is 10.1. The van der Waals surface area contributed by atoms with Crippen molar-refractivity contribution in [2.45, 2.75) is 25.9 Å². The Morgan fingerprint density at radius 2 is 2.00 bits per heavy atom. The fourth-order valence-corrected chi connectivity index (χ4v) is 4.84. The second-order valence-corrected chi connectivity index (χ2v) is 10.0. The fraction of sp³-hybridized carbons (Fsp3) is 0.273. The van der Waals surface area contributed by atoms with E-state index in [4.69, 9.17) is 9.47 Å². The number of aromatic nitrogens is 3. The Labute approximate surface area is 201 Å². The fourth-order valence-electron chi connectivity index (χ4n) is 3.26. The van der Waals surface area contributed by atoms with Crippen LogP contribution in [0.3, 0.4) is 0 Å². The Bertz CT molecular complexity index is 1410. The van der Waals surface area contributed by atoms with E-state index in [1.54, 1.807) is 20.3 Å². The van der Waals surface area contributed by atoms with Crippen LogP contribution in [0.1, 0.15) is 23.9 Å². The first kappa shape index (κ1) is 24.9. The summed E-state index contributed by atoms with van der Waals surface area (Å²) < 4.78 is 40.3. The lowest BCUT2D eigenvalue weighted by molar-refractivity contribution is -0.112. The molecule has 3 aromatic rings. The van der Waals surface area contributed by atoms with E-state index in [1.165, 1.54) is 13.0 Å². The third-order valence-electron chi connectivity index (χ3n) is 5.05. The highest BCUT2D eigenvalue weighted by Gasteiger charge is 2.21. The number of rotatable bonds is 8.